The Kier molecular flexibility index (Phi) is 7.92. The monoisotopic (exact) mass is 766 g/mol. The Bertz CT molecular complexity index is 3230. The highest BCUT2D eigenvalue weighted by atomic mass is 16.5. The first-order valence-electron chi connectivity index (χ1n) is 20.2. The first kappa shape index (κ1) is 34.9. The number of fused-ring (bicyclic) bond motifs is 7. The molecule has 0 amide bonds. The maximum Gasteiger partial charge on any atom is 0.141 e. The van der Waals surface area contributed by atoms with Crippen LogP contribution in [-0.2, 0) is 5.41 Å². The van der Waals surface area contributed by atoms with Gasteiger partial charge in [0.15, 0.2) is 0 Å². The van der Waals surface area contributed by atoms with Crippen LogP contribution in [0.4, 0.5) is 22.7 Å². The number of benzene rings is 7. The summed E-state index contributed by atoms with van der Waals surface area (Å²) in [4.78, 5) is 9.84. The number of aryl methyl sites for hydroxylation is 1. The van der Waals surface area contributed by atoms with Gasteiger partial charge in [-0.15, -0.1) is 0 Å². The summed E-state index contributed by atoms with van der Waals surface area (Å²) in [6, 6.07) is 58.0. The van der Waals surface area contributed by atoms with Crippen molar-refractivity contribution >= 4 is 66.5 Å². The molecule has 3 aromatic heterocycles. The normalized spacial score (nSPS) is 12.9. The van der Waals surface area contributed by atoms with Crippen LogP contribution in [0.3, 0.4) is 0 Å². The fourth-order valence-corrected chi connectivity index (χ4v) is 8.65. The van der Waals surface area contributed by atoms with Crippen LogP contribution in [0, 0.1) is 6.92 Å². The molecule has 0 fully saturated rings. The standard InChI is InChI=1S/C53H42N4O2/c1-34-19-24-50-44(25-34)45-32-54-52(31-51(45)59-50)57-46-18-12-11-17-42(46)43-22-21-40(30-48(43)57)58-41-28-37(53(2,3)4)27-39(29-41)56-33-55(38-15-9-6-10-16-38)47-23-20-36(26-49(47)56)35-13-7-5-8-14-35/h5-32H,33H2,1-4H3. The SMILES string of the molecule is Cc1ccc2oc3cc(-n4c5ccccc5c5ccc(Oc6cc(N7CN(c8ccccc8)c8ccc(-c9ccccc9)cc87)cc(C(C)(C)C)c6)cc54)ncc3c2c1. The van der Waals surface area contributed by atoms with Gasteiger partial charge >= 0.3 is 0 Å². The molecule has 286 valence electrons. The van der Waals surface area contributed by atoms with E-state index < -0.39 is 0 Å². The maximum absolute atomic E-state index is 6.93. The van der Waals surface area contributed by atoms with Crippen molar-refractivity contribution in [3.63, 3.8) is 0 Å². The van der Waals surface area contributed by atoms with Crippen molar-refractivity contribution in [3.8, 4) is 28.4 Å². The zero-order valence-electron chi connectivity index (χ0n) is 33.5. The minimum atomic E-state index is -0.127. The molecule has 0 saturated carbocycles. The van der Waals surface area contributed by atoms with Crippen molar-refractivity contribution in [3.05, 3.63) is 181 Å². The van der Waals surface area contributed by atoms with Gasteiger partial charge in [0.1, 0.15) is 35.2 Å². The molecule has 6 heteroatoms. The van der Waals surface area contributed by atoms with E-state index in [2.05, 4.69) is 200 Å². The highest BCUT2D eigenvalue weighted by molar-refractivity contribution is 6.10. The summed E-state index contributed by atoms with van der Waals surface area (Å²) in [7, 11) is 0. The Balaban J connectivity index is 1.02. The lowest BCUT2D eigenvalue weighted by molar-refractivity contribution is 0.479. The quantitative estimate of drug-likeness (QED) is 0.169. The Morgan fingerprint density at radius 2 is 1.31 bits per heavy atom. The second-order valence-electron chi connectivity index (χ2n) is 16.6. The molecule has 4 heterocycles. The van der Waals surface area contributed by atoms with Crippen LogP contribution < -0.4 is 14.5 Å². The molecular formula is C53H42N4O2. The lowest BCUT2D eigenvalue weighted by Crippen LogP contribution is -2.24. The summed E-state index contributed by atoms with van der Waals surface area (Å²) in [5, 5.41) is 4.37. The van der Waals surface area contributed by atoms with Crippen molar-refractivity contribution in [1.82, 2.24) is 9.55 Å². The molecule has 6 nitrogen and oxygen atoms in total. The van der Waals surface area contributed by atoms with E-state index in [0.717, 1.165) is 78.1 Å². The van der Waals surface area contributed by atoms with Gasteiger partial charge in [0, 0.05) is 57.3 Å². The van der Waals surface area contributed by atoms with E-state index in [4.69, 9.17) is 14.1 Å². The van der Waals surface area contributed by atoms with Crippen LogP contribution in [0.25, 0.3) is 60.7 Å². The molecule has 0 saturated heterocycles. The molecule has 0 radical (unpaired) electrons. The number of pyridine rings is 1. The van der Waals surface area contributed by atoms with Crippen LogP contribution in [0.1, 0.15) is 31.9 Å². The van der Waals surface area contributed by atoms with Crippen LogP contribution in [-0.4, -0.2) is 16.2 Å². The second-order valence-corrected chi connectivity index (χ2v) is 16.6. The topological polar surface area (TPSA) is 46.7 Å². The minimum Gasteiger partial charge on any atom is -0.457 e. The molecule has 10 aromatic rings. The van der Waals surface area contributed by atoms with Crippen molar-refractivity contribution < 1.29 is 9.15 Å². The number of furan rings is 1. The summed E-state index contributed by atoms with van der Waals surface area (Å²) < 4.78 is 15.5. The Labute approximate surface area is 343 Å². The van der Waals surface area contributed by atoms with Crippen molar-refractivity contribution in [2.24, 2.45) is 0 Å². The number of ether oxygens (including phenoxy) is 1. The van der Waals surface area contributed by atoms with Gasteiger partial charge in [0.2, 0.25) is 0 Å². The Hall–Kier alpha value is -7.31. The highest BCUT2D eigenvalue weighted by Crippen LogP contribution is 2.48. The number of anilines is 4. The predicted molar refractivity (Wildman–Crippen MR) is 243 cm³/mol. The number of rotatable bonds is 6. The molecular weight excluding hydrogens is 725 g/mol. The van der Waals surface area contributed by atoms with E-state index in [9.17, 15) is 0 Å². The molecule has 0 N–H and O–H groups in total. The zero-order valence-corrected chi connectivity index (χ0v) is 33.5. The van der Waals surface area contributed by atoms with Gasteiger partial charge in [-0.05, 0) is 95.8 Å². The van der Waals surface area contributed by atoms with E-state index in [1.165, 1.54) is 27.9 Å². The molecule has 0 atom stereocenters. The third-order valence-electron chi connectivity index (χ3n) is 11.7. The Morgan fingerprint density at radius 1 is 0.542 bits per heavy atom. The number of hydrogen-bond donors (Lipinski definition) is 0. The largest absolute Gasteiger partial charge is 0.457 e. The maximum atomic E-state index is 6.93. The predicted octanol–water partition coefficient (Wildman–Crippen LogP) is 14.4. The van der Waals surface area contributed by atoms with Crippen LogP contribution in [0.5, 0.6) is 11.5 Å². The fraction of sp³-hybridized carbons (Fsp3) is 0.113. The first-order valence-corrected chi connectivity index (χ1v) is 20.2. The number of para-hydroxylation sites is 2. The fourth-order valence-electron chi connectivity index (χ4n) is 8.65. The van der Waals surface area contributed by atoms with Crippen molar-refractivity contribution in [1.29, 1.82) is 0 Å². The van der Waals surface area contributed by atoms with Crippen LogP contribution in [0.15, 0.2) is 174 Å². The van der Waals surface area contributed by atoms with Crippen LogP contribution >= 0.6 is 0 Å². The van der Waals surface area contributed by atoms with Gasteiger partial charge in [-0.2, -0.15) is 0 Å². The summed E-state index contributed by atoms with van der Waals surface area (Å²) in [6.07, 6.45) is 1.94. The third-order valence-corrected chi connectivity index (χ3v) is 11.7. The lowest BCUT2D eigenvalue weighted by atomic mass is 9.86. The van der Waals surface area contributed by atoms with Gasteiger partial charge < -0.3 is 19.0 Å². The summed E-state index contributed by atoms with van der Waals surface area (Å²) in [5.41, 5.74) is 12.9. The summed E-state index contributed by atoms with van der Waals surface area (Å²) >= 11 is 0. The average molecular weight is 767 g/mol. The molecule has 0 bridgehead atoms. The first-order chi connectivity index (χ1) is 28.7. The number of aromatic nitrogens is 2. The van der Waals surface area contributed by atoms with Gasteiger partial charge in [-0.3, -0.25) is 4.57 Å². The number of nitrogens with zero attached hydrogens (tertiary/aromatic N) is 4. The lowest BCUT2D eigenvalue weighted by Gasteiger charge is -2.26. The molecule has 7 aromatic carbocycles. The van der Waals surface area contributed by atoms with E-state index in [1.807, 2.05) is 12.3 Å². The third kappa shape index (κ3) is 5.99. The van der Waals surface area contributed by atoms with Gasteiger partial charge in [-0.1, -0.05) is 105 Å². The molecule has 0 aliphatic carbocycles. The van der Waals surface area contributed by atoms with E-state index >= 15 is 0 Å². The van der Waals surface area contributed by atoms with Crippen LogP contribution in [0.2, 0.25) is 0 Å². The highest BCUT2D eigenvalue weighted by Gasteiger charge is 2.30. The summed E-state index contributed by atoms with van der Waals surface area (Å²) in [5.74, 6) is 2.32. The van der Waals surface area contributed by atoms with Crippen molar-refractivity contribution in [2.45, 2.75) is 33.1 Å². The van der Waals surface area contributed by atoms with E-state index in [-0.39, 0.29) is 5.41 Å². The van der Waals surface area contributed by atoms with Crippen molar-refractivity contribution in [2.75, 3.05) is 16.5 Å². The zero-order chi connectivity index (χ0) is 39.8. The minimum absolute atomic E-state index is 0.127. The van der Waals surface area contributed by atoms with E-state index in [1.54, 1.807) is 0 Å². The Morgan fingerprint density at radius 3 is 2.14 bits per heavy atom. The molecule has 0 spiro atoms. The van der Waals surface area contributed by atoms with Gasteiger partial charge in [0.05, 0.1) is 22.4 Å². The molecule has 1 aliphatic rings. The summed E-state index contributed by atoms with van der Waals surface area (Å²) in [6.45, 7) is 9.54. The molecule has 1 aliphatic heterocycles. The molecule has 59 heavy (non-hydrogen) atoms. The molecule has 0 unspecified atom stereocenters. The molecule has 11 rings (SSSR count). The average Bonchev–Trinajstić information content (AvgIpc) is 3.92. The smallest absolute Gasteiger partial charge is 0.141 e. The van der Waals surface area contributed by atoms with E-state index in [0.29, 0.717) is 6.67 Å². The van der Waals surface area contributed by atoms with Gasteiger partial charge in [-0.25, -0.2) is 4.98 Å². The van der Waals surface area contributed by atoms with Gasteiger partial charge in [0.25, 0.3) is 0 Å². The number of hydrogen-bond acceptors (Lipinski definition) is 5. The second kappa shape index (κ2) is 13.4.